The minimum atomic E-state index is -1.12. The molecule has 1 spiro atoms. The number of aromatic carboxylic acids is 1. The fraction of sp³-hybridized carbons (Fsp3) is 0.333. The van der Waals surface area contributed by atoms with Crippen LogP contribution in [-0.2, 0) is 16.8 Å². The maximum Gasteiger partial charge on any atom is 0.371 e. The van der Waals surface area contributed by atoms with E-state index in [0.29, 0.717) is 12.4 Å². The van der Waals surface area contributed by atoms with Crippen molar-refractivity contribution in [3.63, 3.8) is 0 Å². The molecule has 6 nitrogen and oxygen atoms in total. The zero-order valence-electron chi connectivity index (χ0n) is 13.0. The van der Waals surface area contributed by atoms with Gasteiger partial charge in [-0.15, -0.1) is 0 Å². The number of carbonyl (C=O) groups excluding carboxylic acids is 1. The van der Waals surface area contributed by atoms with E-state index in [2.05, 4.69) is 5.32 Å². The van der Waals surface area contributed by atoms with E-state index in [9.17, 15) is 9.59 Å². The van der Waals surface area contributed by atoms with Gasteiger partial charge in [0, 0.05) is 16.9 Å². The van der Waals surface area contributed by atoms with E-state index in [1.165, 1.54) is 6.07 Å². The van der Waals surface area contributed by atoms with Crippen LogP contribution in [0.4, 0.5) is 0 Å². The van der Waals surface area contributed by atoms with Crippen molar-refractivity contribution < 1.29 is 23.8 Å². The number of para-hydroxylation sites is 1. The number of rotatable bonds is 4. The van der Waals surface area contributed by atoms with E-state index >= 15 is 0 Å². The van der Waals surface area contributed by atoms with Crippen molar-refractivity contribution in [1.29, 1.82) is 0 Å². The second-order valence-corrected chi connectivity index (χ2v) is 6.30. The average Bonchev–Trinajstić information content (AvgIpc) is 3.09. The molecule has 2 aliphatic rings. The van der Waals surface area contributed by atoms with Gasteiger partial charge in [-0.25, -0.2) is 4.79 Å². The number of hydrogen-bond acceptors (Lipinski definition) is 4. The number of ether oxygens (including phenoxy) is 1. The summed E-state index contributed by atoms with van der Waals surface area (Å²) in [5.74, 6) is -0.0384. The Balaban J connectivity index is 1.43. The largest absolute Gasteiger partial charge is 0.493 e. The van der Waals surface area contributed by atoms with Crippen LogP contribution in [-0.4, -0.2) is 23.6 Å². The highest BCUT2D eigenvalue weighted by Gasteiger charge is 2.60. The minimum Gasteiger partial charge on any atom is -0.493 e. The van der Waals surface area contributed by atoms with Crippen molar-refractivity contribution in [3.05, 3.63) is 53.5 Å². The van der Waals surface area contributed by atoms with Gasteiger partial charge in [0.25, 0.3) is 0 Å². The normalized spacial score (nSPS) is 24.1. The van der Waals surface area contributed by atoms with E-state index in [4.69, 9.17) is 14.3 Å². The van der Waals surface area contributed by atoms with E-state index in [0.717, 1.165) is 24.2 Å². The van der Waals surface area contributed by atoms with Gasteiger partial charge in [0.05, 0.1) is 13.2 Å². The molecule has 2 N–H and O–H groups in total. The Morgan fingerprint density at radius 3 is 2.88 bits per heavy atom. The van der Waals surface area contributed by atoms with Crippen molar-refractivity contribution in [1.82, 2.24) is 5.32 Å². The van der Waals surface area contributed by atoms with Crippen LogP contribution >= 0.6 is 0 Å². The SMILES string of the molecule is O=C(O)c1ccc(CNC(=O)[C@@H]2C[C@]23CCOc2ccccc23)o1. The smallest absolute Gasteiger partial charge is 0.371 e. The van der Waals surface area contributed by atoms with E-state index < -0.39 is 5.97 Å². The van der Waals surface area contributed by atoms with Crippen LogP contribution < -0.4 is 10.1 Å². The lowest BCUT2D eigenvalue weighted by Gasteiger charge is -2.26. The molecule has 0 saturated heterocycles. The Morgan fingerprint density at radius 2 is 2.08 bits per heavy atom. The van der Waals surface area contributed by atoms with Crippen LogP contribution in [0.3, 0.4) is 0 Å². The lowest BCUT2D eigenvalue weighted by atomic mass is 9.87. The summed E-state index contributed by atoms with van der Waals surface area (Å²) in [5.41, 5.74) is 0.997. The standard InChI is InChI=1S/C18H17NO5/c20-16(19-10-11-5-6-15(24-11)17(21)22)13-9-18(13)7-8-23-14-4-2-1-3-12(14)18/h1-6,13H,7-10H2,(H,19,20)(H,21,22)/t13-,18-/m0/s1. The summed E-state index contributed by atoms with van der Waals surface area (Å²) in [6, 6.07) is 10.8. The minimum absolute atomic E-state index is 0.0278. The second kappa shape index (κ2) is 5.40. The van der Waals surface area contributed by atoms with Gasteiger partial charge in [-0.3, -0.25) is 4.79 Å². The lowest BCUT2D eigenvalue weighted by Crippen LogP contribution is -2.30. The predicted molar refractivity (Wildman–Crippen MR) is 83.9 cm³/mol. The number of carboxylic acid groups (broad SMARTS) is 1. The number of hydrogen-bond donors (Lipinski definition) is 2. The molecule has 1 aromatic heterocycles. The predicted octanol–water partition coefficient (Wildman–Crippen LogP) is 2.33. The summed E-state index contributed by atoms with van der Waals surface area (Å²) in [5, 5.41) is 11.7. The molecule has 1 amide bonds. The zero-order chi connectivity index (χ0) is 16.7. The molecule has 4 rings (SSSR count). The number of furan rings is 1. The number of benzene rings is 1. The highest BCUT2D eigenvalue weighted by atomic mass is 16.5. The Hall–Kier alpha value is -2.76. The second-order valence-electron chi connectivity index (χ2n) is 6.30. The molecule has 24 heavy (non-hydrogen) atoms. The highest BCUT2D eigenvalue weighted by Crippen LogP contribution is 2.60. The molecule has 1 aromatic carbocycles. The van der Waals surface area contributed by atoms with Crippen LogP contribution in [0.5, 0.6) is 5.75 Å². The van der Waals surface area contributed by atoms with E-state index in [-0.39, 0.29) is 29.5 Å². The molecule has 1 aliphatic heterocycles. The Bertz CT molecular complexity index is 811. The Kier molecular flexibility index (Phi) is 3.33. The molecule has 2 aromatic rings. The number of nitrogens with one attached hydrogen (secondary N) is 1. The monoisotopic (exact) mass is 327 g/mol. The van der Waals surface area contributed by atoms with Crippen LogP contribution in [0, 0.1) is 5.92 Å². The first-order valence-corrected chi connectivity index (χ1v) is 7.92. The van der Waals surface area contributed by atoms with Gasteiger partial charge in [-0.05, 0) is 31.0 Å². The van der Waals surface area contributed by atoms with Crippen LogP contribution in [0.15, 0.2) is 40.8 Å². The first-order valence-electron chi connectivity index (χ1n) is 7.92. The summed E-state index contributed by atoms with van der Waals surface area (Å²) in [4.78, 5) is 23.3. The van der Waals surface area contributed by atoms with Crippen LogP contribution in [0.2, 0.25) is 0 Å². The maximum absolute atomic E-state index is 12.5. The van der Waals surface area contributed by atoms with Crippen molar-refractivity contribution in [2.45, 2.75) is 24.8 Å². The van der Waals surface area contributed by atoms with E-state index in [1.807, 2.05) is 24.3 Å². The molecule has 124 valence electrons. The van der Waals surface area contributed by atoms with Crippen molar-refractivity contribution in [2.75, 3.05) is 6.61 Å². The lowest BCUT2D eigenvalue weighted by molar-refractivity contribution is -0.123. The molecular weight excluding hydrogens is 310 g/mol. The fourth-order valence-electron chi connectivity index (χ4n) is 3.59. The van der Waals surface area contributed by atoms with Crippen molar-refractivity contribution in [2.24, 2.45) is 5.92 Å². The van der Waals surface area contributed by atoms with Gasteiger partial charge >= 0.3 is 5.97 Å². The number of fused-ring (bicyclic) bond motifs is 2. The highest BCUT2D eigenvalue weighted by molar-refractivity contribution is 5.85. The first-order chi connectivity index (χ1) is 11.6. The maximum atomic E-state index is 12.5. The van der Waals surface area contributed by atoms with Crippen LogP contribution in [0.25, 0.3) is 0 Å². The first kappa shape index (κ1) is 14.8. The summed E-state index contributed by atoms with van der Waals surface area (Å²) in [6.45, 7) is 0.817. The van der Waals surface area contributed by atoms with Gasteiger partial charge in [-0.1, -0.05) is 18.2 Å². The summed E-state index contributed by atoms with van der Waals surface area (Å²) >= 11 is 0. The fourth-order valence-corrected chi connectivity index (χ4v) is 3.59. The van der Waals surface area contributed by atoms with Crippen molar-refractivity contribution >= 4 is 11.9 Å². The van der Waals surface area contributed by atoms with Gasteiger partial charge in [0.1, 0.15) is 11.5 Å². The van der Waals surface area contributed by atoms with E-state index in [1.54, 1.807) is 6.07 Å². The Morgan fingerprint density at radius 1 is 1.25 bits per heavy atom. The third-order valence-corrected chi connectivity index (χ3v) is 4.93. The van der Waals surface area contributed by atoms with Gasteiger partial charge in [-0.2, -0.15) is 0 Å². The quantitative estimate of drug-likeness (QED) is 0.900. The molecule has 0 unspecified atom stereocenters. The van der Waals surface area contributed by atoms with Crippen LogP contribution in [0.1, 0.15) is 34.7 Å². The molecule has 1 aliphatic carbocycles. The number of carboxylic acids is 1. The van der Waals surface area contributed by atoms with Gasteiger partial charge < -0.3 is 19.6 Å². The molecule has 1 saturated carbocycles. The Labute approximate surface area is 138 Å². The number of amides is 1. The molecule has 1 fully saturated rings. The molecule has 0 radical (unpaired) electrons. The third-order valence-electron chi connectivity index (χ3n) is 4.93. The summed E-state index contributed by atoms with van der Waals surface area (Å²) in [7, 11) is 0. The average molecular weight is 327 g/mol. The topological polar surface area (TPSA) is 88.8 Å². The molecule has 2 heterocycles. The zero-order valence-corrected chi connectivity index (χ0v) is 13.0. The van der Waals surface area contributed by atoms with Gasteiger partial charge in [0.2, 0.25) is 11.7 Å². The molecular formula is C18H17NO5. The number of carbonyl (C=O) groups is 2. The molecule has 6 heteroatoms. The molecule has 0 bridgehead atoms. The summed E-state index contributed by atoms with van der Waals surface area (Å²) in [6.07, 6.45) is 1.66. The summed E-state index contributed by atoms with van der Waals surface area (Å²) < 4.78 is 10.8. The van der Waals surface area contributed by atoms with Gasteiger partial charge in [0.15, 0.2) is 0 Å². The molecule has 2 atom stereocenters. The third kappa shape index (κ3) is 2.35. The van der Waals surface area contributed by atoms with Crippen molar-refractivity contribution in [3.8, 4) is 5.75 Å².